The van der Waals surface area contributed by atoms with Crippen LogP contribution in [0.2, 0.25) is 0 Å². The molecule has 0 bridgehead atoms. The van der Waals surface area contributed by atoms with E-state index in [0.29, 0.717) is 30.8 Å². The molecule has 3 saturated heterocycles. The standard InChI is InChI=1S/C23H33N9O6S/c1-10-18-17(11(2)27-16(34)7-30-9-26-28-29-30)22(36)32(18)19(23(37)38)20(10)39-12-5-14(25-6-12)21(35)31-4-3-13(24)15(31)8-33/h9-15,17-18,25,33H,3-8,24H2,1-2H3,(H,27,34)(H,37,38)/t10-,11-,12+,13?,14+,15?,17-,18-/m1/s1. The van der Waals surface area contributed by atoms with Crippen LogP contribution in [-0.4, -0.2) is 119 Å². The summed E-state index contributed by atoms with van der Waals surface area (Å²) in [6.07, 6.45) is 2.44. The Morgan fingerprint density at radius 3 is 2.79 bits per heavy atom. The number of hydrogen-bond acceptors (Lipinski definition) is 11. The number of rotatable bonds is 9. The Hall–Kier alpha value is -3.08. The van der Waals surface area contributed by atoms with Crippen LogP contribution in [0.5, 0.6) is 0 Å². The van der Waals surface area contributed by atoms with Crippen LogP contribution in [0.4, 0.5) is 0 Å². The van der Waals surface area contributed by atoms with Crippen LogP contribution < -0.4 is 16.4 Å². The Bertz CT molecular complexity index is 1180. The number of aliphatic carboxylic acids is 1. The molecule has 0 saturated carbocycles. The van der Waals surface area contributed by atoms with Crippen LogP contribution >= 0.6 is 11.8 Å². The van der Waals surface area contributed by atoms with Gasteiger partial charge in [-0.3, -0.25) is 14.4 Å². The summed E-state index contributed by atoms with van der Waals surface area (Å²) < 4.78 is 1.27. The summed E-state index contributed by atoms with van der Waals surface area (Å²) in [6, 6.07) is -2.02. The number of carboxylic acid groups (broad SMARTS) is 1. The molecular formula is C23H33N9O6S. The Morgan fingerprint density at radius 2 is 2.13 bits per heavy atom. The molecule has 6 N–H and O–H groups in total. The zero-order chi connectivity index (χ0) is 28.0. The largest absolute Gasteiger partial charge is 0.477 e. The molecule has 3 fully saturated rings. The number of aliphatic hydroxyl groups excluding tert-OH is 1. The molecule has 1 aromatic rings. The molecule has 39 heavy (non-hydrogen) atoms. The first-order valence-corrected chi connectivity index (χ1v) is 13.9. The molecule has 0 aliphatic carbocycles. The number of nitrogens with zero attached hydrogens (tertiary/aromatic N) is 6. The molecular weight excluding hydrogens is 530 g/mol. The second kappa shape index (κ2) is 10.8. The summed E-state index contributed by atoms with van der Waals surface area (Å²) in [5, 5.41) is 36.3. The van der Waals surface area contributed by atoms with Gasteiger partial charge in [0.15, 0.2) is 0 Å². The first kappa shape index (κ1) is 27.5. The van der Waals surface area contributed by atoms with E-state index in [4.69, 9.17) is 5.73 Å². The van der Waals surface area contributed by atoms with Crippen molar-refractivity contribution in [3.8, 4) is 0 Å². The Labute approximate surface area is 228 Å². The van der Waals surface area contributed by atoms with Crippen LogP contribution in [0.15, 0.2) is 16.9 Å². The molecule has 2 unspecified atom stereocenters. The zero-order valence-corrected chi connectivity index (χ0v) is 22.5. The molecule has 3 amide bonds. The van der Waals surface area contributed by atoms with E-state index in [2.05, 4.69) is 26.2 Å². The lowest BCUT2D eigenvalue weighted by Gasteiger charge is -2.47. The zero-order valence-electron chi connectivity index (χ0n) is 21.6. The van der Waals surface area contributed by atoms with Crippen LogP contribution in [0.1, 0.15) is 26.7 Å². The maximum atomic E-state index is 13.1. The number of nitrogens with one attached hydrogen (secondary N) is 2. The number of tetrazole rings is 1. The highest BCUT2D eigenvalue weighted by molar-refractivity contribution is 8.03. The molecule has 15 nitrogen and oxygen atoms in total. The first-order valence-electron chi connectivity index (χ1n) is 13.0. The number of carbonyl (C=O) groups excluding carboxylic acids is 3. The molecule has 5 heterocycles. The van der Waals surface area contributed by atoms with Gasteiger partial charge in [-0.1, -0.05) is 6.92 Å². The number of fused-ring (bicyclic) bond motifs is 1. The predicted molar refractivity (Wildman–Crippen MR) is 136 cm³/mol. The number of aromatic nitrogens is 4. The van der Waals surface area contributed by atoms with Crippen molar-refractivity contribution in [1.82, 2.24) is 40.6 Å². The molecule has 0 aromatic carbocycles. The highest BCUT2D eigenvalue weighted by Crippen LogP contribution is 2.51. The van der Waals surface area contributed by atoms with E-state index < -0.39 is 36.1 Å². The lowest BCUT2D eigenvalue weighted by atomic mass is 9.78. The maximum Gasteiger partial charge on any atom is 0.353 e. The molecule has 5 rings (SSSR count). The van der Waals surface area contributed by atoms with Gasteiger partial charge in [-0.2, -0.15) is 0 Å². The van der Waals surface area contributed by atoms with E-state index in [-0.39, 0.29) is 53.8 Å². The quantitative estimate of drug-likeness (QED) is 0.195. The summed E-state index contributed by atoms with van der Waals surface area (Å²) in [5.41, 5.74) is 6.02. The number of aliphatic hydroxyl groups is 1. The van der Waals surface area contributed by atoms with Crippen LogP contribution in [-0.2, 0) is 25.7 Å². The van der Waals surface area contributed by atoms with E-state index in [1.165, 1.54) is 27.7 Å². The number of carboxylic acids is 1. The lowest BCUT2D eigenvalue weighted by molar-refractivity contribution is -0.158. The Kier molecular flexibility index (Phi) is 7.63. The number of carbonyl (C=O) groups is 4. The normalized spacial score (nSPS) is 32.8. The van der Waals surface area contributed by atoms with E-state index >= 15 is 0 Å². The summed E-state index contributed by atoms with van der Waals surface area (Å²) in [5.74, 6) is -2.81. The molecule has 4 aliphatic rings. The number of nitrogens with two attached hydrogens (primary N) is 1. The molecule has 0 radical (unpaired) electrons. The van der Waals surface area contributed by atoms with Gasteiger partial charge in [-0.25, -0.2) is 9.48 Å². The van der Waals surface area contributed by atoms with Gasteiger partial charge in [-0.05, 0) is 30.2 Å². The van der Waals surface area contributed by atoms with Gasteiger partial charge in [0.1, 0.15) is 18.6 Å². The van der Waals surface area contributed by atoms with Crippen LogP contribution in [0, 0.1) is 11.8 Å². The van der Waals surface area contributed by atoms with Crippen molar-refractivity contribution in [3.63, 3.8) is 0 Å². The van der Waals surface area contributed by atoms with Gasteiger partial charge in [0, 0.05) is 41.2 Å². The molecule has 8 atom stereocenters. The SMILES string of the molecule is C[C@@H](NC(=O)Cn1cnnn1)[C@H]1C(=O)N2C(C(=O)O)=C(S[C@@H]3CN[C@H](C(=O)N4CCC(N)C4CO)C3)[C@H](C)[C@H]12. The van der Waals surface area contributed by atoms with Gasteiger partial charge < -0.3 is 36.4 Å². The highest BCUT2D eigenvalue weighted by atomic mass is 32.2. The molecule has 0 spiro atoms. The van der Waals surface area contributed by atoms with Gasteiger partial charge in [0.2, 0.25) is 17.7 Å². The minimum Gasteiger partial charge on any atom is -0.477 e. The first-order chi connectivity index (χ1) is 18.6. The van der Waals surface area contributed by atoms with E-state index in [1.54, 1.807) is 11.8 Å². The van der Waals surface area contributed by atoms with E-state index in [1.807, 2.05) is 6.92 Å². The van der Waals surface area contributed by atoms with Crippen molar-refractivity contribution in [3.05, 3.63) is 16.9 Å². The van der Waals surface area contributed by atoms with Gasteiger partial charge >= 0.3 is 5.97 Å². The fourth-order valence-corrected chi connectivity index (χ4v) is 7.71. The van der Waals surface area contributed by atoms with E-state index in [0.717, 1.165) is 0 Å². The topological polar surface area (TPSA) is 209 Å². The number of likely N-dealkylation sites (tertiary alicyclic amines) is 1. The maximum absolute atomic E-state index is 13.1. The smallest absolute Gasteiger partial charge is 0.353 e. The van der Waals surface area contributed by atoms with Gasteiger partial charge in [-0.15, -0.1) is 16.9 Å². The number of hydrogen-bond donors (Lipinski definition) is 5. The second-order valence-corrected chi connectivity index (χ2v) is 11.9. The Balaban J connectivity index is 1.23. The van der Waals surface area contributed by atoms with Crippen LogP contribution in [0.25, 0.3) is 0 Å². The highest BCUT2D eigenvalue weighted by Gasteiger charge is 2.60. The summed E-state index contributed by atoms with van der Waals surface area (Å²) in [4.78, 5) is 54.6. The van der Waals surface area contributed by atoms with Crippen molar-refractivity contribution in [2.45, 2.75) is 68.7 Å². The average molecular weight is 564 g/mol. The molecule has 212 valence electrons. The summed E-state index contributed by atoms with van der Waals surface area (Å²) >= 11 is 1.39. The van der Waals surface area contributed by atoms with Crippen molar-refractivity contribution in [1.29, 1.82) is 0 Å². The predicted octanol–water partition coefficient (Wildman–Crippen LogP) is -2.67. The second-order valence-electron chi connectivity index (χ2n) is 10.6. The molecule has 1 aromatic heterocycles. The fourth-order valence-electron chi connectivity index (χ4n) is 6.23. The monoisotopic (exact) mass is 563 g/mol. The van der Waals surface area contributed by atoms with Crippen molar-refractivity contribution >= 4 is 35.5 Å². The summed E-state index contributed by atoms with van der Waals surface area (Å²) in [6.45, 7) is 4.34. The van der Waals surface area contributed by atoms with Crippen molar-refractivity contribution in [2.24, 2.45) is 17.6 Å². The lowest BCUT2D eigenvalue weighted by Crippen LogP contribution is -2.66. The van der Waals surface area contributed by atoms with Gasteiger partial charge in [0.25, 0.3) is 0 Å². The van der Waals surface area contributed by atoms with E-state index in [9.17, 15) is 29.4 Å². The van der Waals surface area contributed by atoms with Gasteiger partial charge in [0.05, 0.1) is 30.7 Å². The average Bonchev–Trinajstić information content (AvgIpc) is 3.67. The van der Waals surface area contributed by atoms with Crippen molar-refractivity contribution in [2.75, 3.05) is 19.7 Å². The summed E-state index contributed by atoms with van der Waals surface area (Å²) in [7, 11) is 0. The third-order valence-electron chi connectivity index (χ3n) is 8.17. The number of amides is 3. The van der Waals surface area contributed by atoms with Crippen LogP contribution in [0.3, 0.4) is 0 Å². The Morgan fingerprint density at radius 1 is 1.36 bits per heavy atom. The fraction of sp³-hybridized carbons (Fsp3) is 0.696. The minimum atomic E-state index is -1.18. The minimum absolute atomic E-state index is 0.0217. The number of β-lactam (4-membered cyclic amide) rings is 1. The van der Waals surface area contributed by atoms with Crippen molar-refractivity contribution < 1.29 is 29.4 Å². The molecule has 4 aliphatic heterocycles. The molecule has 16 heteroatoms. The number of thioether (sulfide) groups is 1. The third-order valence-corrected chi connectivity index (χ3v) is 9.68. The third kappa shape index (κ3) is 4.90.